The number of hydrogen-bond donors (Lipinski definition) is 2. The van der Waals surface area contributed by atoms with Crippen LogP contribution in [0.25, 0.3) is 0 Å². The fraction of sp³-hybridized carbons (Fsp3) is 0.533. The van der Waals surface area contributed by atoms with Crippen molar-refractivity contribution < 1.29 is 9.90 Å². The van der Waals surface area contributed by atoms with Crippen LogP contribution in [0, 0.1) is 5.92 Å². The zero-order valence-corrected chi connectivity index (χ0v) is 12.9. The lowest BCUT2D eigenvalue weighted by atomic mass is 9.94. The molecule has 0 aliphatic rings. The Balaban J connectivity index is 2.65. The minimum absolute atomic E-state index is 0.131. The number of thioether (sulfide) groups is 1. The van der Waals surface area contributed by atoms with Crippen LogP contribution in [0.3, 0.4) is 0 Å². The number of hydrogen-bond acceptors (Lipinski definition) is 3. The van der Waals surface area contributed by atoms with Gasteiger partial charge in [0.1, 0.15) is 0 Å². The van der Waals surface area contributed by atoms with E-state index in [1.807, 2.05) is 24.5 Å². The Labute approximate surface area is 119 Å². The molecule has 1 rings (SSSR count). The van der Waals surface area contributed by atoms with Gasteiger partial charge in [0.05, 0.1) is 11.2 Å². The third kappa shape index (κ3) is 5.25. The van der Waals surface area contributed by atoms with Crippen LogP contribution in [0.2, 0.25) is 0 Å². The number of aliphatic hydroxyl groups is 1. The van der Waals surface area contributed by atoms with E-state index in [2.05, 4.69) is 19.2 Å². The Morgan fingerprint density at radius 3 is 2.63 bits per heavy atom. The third-order valence-electron chi connectivity index (χ3n) is 2.83. The molecule has 3 nitrogen and oxygen atoms in total. The Hall–Kier alpha value is -1.00. The Morgan fingerprint density at radius 2 is 2.05 bits per heavy atom. The summed E-state index contributed by atoms with van der Waals surface area (Å²) in [4.78, 5) is 13.1. The van der Waals surface area contributed by atoms with Crippen molar-refractivity contribution in [3.05, 3.63) is 29.8 Å². The number of carbonyl (C=O) groups is 1. The highest BCUT2D eigenvalue weighted by Crippen LogP contribution is 2.20. The minimum atomic E-state index is -0.863. The zero-order valence-electron chi connectivity index (χ0n) is 12.1. The number of amides is 1. The molecule has 1 amide bonds. The average Bonchev–Trinajstić information content (AvgIpc) is 2.34. The number of nitrogens with one attached hydrogen (secondary N) is 1. The highest BCUT2D eigenvalue weighted by Gasteiger charge is 2.23. The van der Waals surface area contributed by atoms with Crippen molar-refractivity contribution in [1.29, 1.82) is 0 Å². The smallest absolute Gasteiger partial charge is 0.252 e. The molecule has 0 radical (unpaired) electrons. The Kier molecular flexibility index (Phi) is 5.88. The summed E-state index contributed by atoms with van der Waals surface area (Å²) in [5.74, 6) is 0.263. The van der Waals surface area contributed by atoms with E-state index >= 15 is 0 Å². The van der Waals surface area contributed by atoms with E-state index in [-0.39, 0.29) is 12.5 Å². The molecular weight excluding hydrogens is 258 g/mol. The molecule has 0 spiro atoms. The predicted octanol–water partition coefficient (Wildman–Crippen LogP) is 2.94. The second-order valence-electron chi connectivity index (χ2n) is 5.48. The van der Waals surface area contributed by atoms with Crippen LogP contribution in [-0.4, -0.2) is 29.4 Å². The SMILES string of the molecule is CSc1ccccc1C(=O)NCC(C)(O)CC(C)C. The van der Waals surface area contributed by atoms with Crippen molar-refractivity contribution >= 4 is 17.7 Å². The number of carbonyl (C=O) groups excluding carboxylic acids is 1. The van der Waals surface area contributed by atoms with Crippen LogP contribution >= 0.6 is 11.8 Å². The Bertz CT molecular complexity index is 430. The van der Waals surface area contributed by atoms with E-state index < -0.39 is 5.60 Å². The molecule has 1 aromatic rings. The maximum atomic E-state index is 12.1. The fourth-order valence-electron chi connectivity index (χ4n) is 2.15. The normalized spacial score (nSPS) is 14.2. The molecule has 0 aliphatic heterocycles. The minimum Gasteiger partial charge on any atom is -0.388 e. The van der Waals surface area contributed by atoms with Gasteiger partial charge < -0.3 is 10.4 Å². The van der Waals surface area contributed by atoms with Crippen molar-refractivity contribution in [2.45, 2.75) is 37.7 Å². The lowest BCUT2D eigenvalue weighted by molar-refractivity contribution is 0.0368. The molecule has 0 saturated heterocycles. The highest BCUT2D eigenvalue weighted by molar-refractivity contribution is 7.98. The van der Waals surface area contributed by atoms with Gasteiger partial charge in [-0.1, -0.05) is 26.0 Å². The lowest BCUT2D eigenvalue weighted by Crippen LogP contribution is -2.41. The Morgan fingerprint density at radius 1 is 1.42 bits per heavy atom. The summed E-state index contributed by atoms with van der Waals surface area (Å²) in [6.45, 7) is 6.14. The van der Waals surface area contributed by atoms with Crippen molar-refractivity contribution in [1.82, 2.24) is 5.32 Å². The molecule has 1 atom stereocenters. The van der Waals surface area contributed by atoms with E-state index in [9.17, 15) is 9.90 Å². The van der Waals surface area contributed by atoms with E-state index in [1.165, 1.54) is 0 Å². The summed E-state index contributed by atoms with van der Waals surface area (Å²) in [5.41, 5.74) is -0.201. The summed E-state index contributed by atoms with van der Waals surface area (Å²) < 4.78 is 0. The summed E-state index contributed by atoms with van der Waals surface area (Å²) in [6, 6.07) is 7.49. The van der Waals surface area contributed by atoms with Crippen molar-refractivity contribution in [3.8, 4) is 0 Å². The van der Waals surface area contributed by atoms with Gasteiger partial charge in [-0.25, -0.2) is 0 Å². The van der Waals surface area contributed by atoms with Crippen molar-refractivity contribution in [3.63, 3.8) is 0 Å². The molecule has 0 bridgehead atoms. The van der Waals surface area contributed by atoms with Crippen LogP contribution in [0.5, 0.6) is 0 Å². The van der Waals surface area contributed by atoms with E-state index in [1.54, 1.807) is 24.8 Å². The average molecular weight is 281 g/mol. The molecular formula is C15H23NO2S. The van der Waals surface area contributed by atoms with Gasteiger partial charge in [-0.2, -0.15) is 0 Å². The van der Waals surface area contributed by atoms with Gasteiger partial charge in [-0.05, 0) is 37.7 Å². The maximum absolute atomic E-state index is 12.1. The first-order valence-corrected chi connectivity index (χ1v) is 7.72. The topological polar surface area (TPSA) is 49.3 Å². The molecule has 106 valence electrons. The second kappa shape index (κ2) is 6.96. The zero-order chi connectivity index (χ0) is 14.5. The van der Waals surface area contributed by atoms with Crippen LogP contribution in [-0.2, 0) is 0 Å². The second-order valence-corrected chi connectivity index (χ2v) is 6.33. The molecule has 1 unspecified atom stereocenters. The molecule has 1 aromatic carbocycles. The lowest BCUT2D eigenvalue weighted by Gasteiger charge is -2.25. The number of benzene rings is 1. The summed E-state index contributed by atoms with van der Waals surface area (Å²) >= 11 is 1.54. The first-order chi connectivity index (χ1) is 8.85. The summed E-state index contributed by atoms with van der Waals surface area (Å²) in [6.07, 6.45) is 2.61. The molecule has 0 aromatic heterocycles. The molecule has 19 heavy (non-hydrogen) atoms. The van der Waals surface area contributed by atoms with E-state index in [0.717, 1.165) is 4.90 Å². The van der Waals surface area contributed by atoms with Crippen molar-refractivity contribution in [2.24, 2.45) is 5.92 Å². The van der Waals surface area contributed by atoms with Crippen molar-refractivity contribution in [2.75, 3.05) is 12.8 Å². The quantitative estimate of drug-likeness (QED) is 0.788. The monoisotopic (exact) mass is 281 g/mol. The van der Waals surface area contributed by atoms with Crippen LogP contribution in [0.1, 0.15) is 37.6 Å². The molecule has 0 heterocycles. The van der Waals surface area contributed by atoms with Gasteiger partial charge in [0.2, 0.25) is 0 Å². The van der Waals surface area contributed by atoms with E-state index in [0.29, 0.717) is 17.9 Å². The molecule has 2 N–H and O–H groups in total. The summed E-state index contributed by atoms with van der Waals surface area (Å²) in [5, 5.41) is 13.0. The first-order valence-electron chi connectivity index (χ1n) is 6.49. The van der Waals surface area contributed by atoms with Gasteiger partial charge in [0.15, 0.2) is 0 Å². The number of rotatable bonds is 6. The third-order valence-corrected chi connectivity index (χ3v) is 3.63. The highest BCUT2D eigenvalue weighted by atomic mass is 32.2. The molecule has 4 heteroatoms. The van der Waals surface area contributed by atoms with Crippen LogP contribution in [0.4, 0.5) is 0 Å². The van der Waals surface area contributed by atoms with Gasteiger partial charge >= 0.3 is 0 Å². The summed E-state index contributed by atoms with van der Waals surface area (Å²) in [7, 11) is 0. The molecule has 0 aliphatic carbocycles. The molecule has 0 fully saturated rings. The predicted molar refractivity (Wildman–Crippen MR) is 80.6 cm³/mol. The maximum Gasteiger partial charge on any atom is 0.252 e. The van der Waals surface area contributed by atoms with Gasteiger partial charge in [-0.3, -0.25) is 4.79 Å². The largest absolute Gasteiger partial charge is 0.388 e. The van der Waals surface area contributed by atoms with Crippen LogP contribution in [0.15, 0.2) is 29.2 Å². The first kappa shape index (κ1) is 16.1. The standard InChI is InChI=1S/C15H23NO2S/c1-11(2)9-15(3,18)10-16-14(17)12-7-5-6-8-13(12)19-4/h5-8,11,18H,9-10H2,1-4H3,(H,16,17). The van der Waals surface area contributed by atoms with Gasteiger partial charge in [0, 0.05) is 11.4 Å². The van der Waals surface area contributed by atoms with E-state index in [4.69, 9.17) is 0 Å². The van der Waals surface area contributed by atoms with Gasteiger partial charge in [-0.15, -0.1) is 11.8 Å². The van der Waals surface area contributed by atoms with Crippen LogP contribution < -0.4 is 5.32 Å². The fourth-order valence-corrected chi connectivity index (χ4v) is 2.75. The molecule has 0 saturated carbocycles. The van der Waals surface area contributed by atoms with Gasteiger partial charge in [0.25, 0.3) is 5.91 Å².